The van der Waals surface area contributed by atoms with E-state index in [0.29, 0.717) is 11.3 Å². The zero-order chi connectivity index (χ0) is 15.7. The lowest BCUT2D eigenvalue weighted by molar-refractivity contribution is -0.136. The smallest absolute Gasteiger partial charge is 0.240 e. The Bertz CT molecular complexity index is 573. The number of nitrogens with one attached hydrogen (secondary N) is 1. The number of carbonyl (C=O) groups excluding carboxylic acids is 1. The molecule has 4 rings (SSSR count). The number of piperidine rings is 1. The molecule has 1 unspecified atom stereocenters. The Kier molecular flexibility index (Phi) is 5.51. The van der Waals surface area contributed by atoms with Crippen LogP contribution in [0.25, 0.3) is 0 Å². The maximum Gasteiger partial charge on any atom is 0.240 e. The molecular formula is C20H29ClN2O. The molecule has 1 aliphatic carbocycles. The van der Waals surface area contributed by atoms with Gasteiger partial charge in [-0.1, -0.05) is 43.5 Å². The van der Waals surface area contributed by atoms with Crippen LogP contribution in [0.4, 0.5) is 0 Å². The van der Waals surface area contributed by atoms with Crippen molar-refractivity contribution in [3.8, 4) is 0 Å². The first-order valence-electron chi connectivity index (χ1n) is 9.35. The summed E-state index contributed by atoms with van der Waals surface area (Å²) in [6.45, 7) is 2.77. The van der Waals surface area contributed by atoms with E-state index in [1.54, 1.807) is 0 Å². The van der Waals surface area contributed by atoms with Crippen molar-refractivity contribution in [3.05, 3.63) is 35.4 Å². The molecule has 1 spiro atoms. The van der Waals surface area contributed by atoms with Gasteiger partial charge in [0.25, 0.3) is 0 Å². The van der Waals surface area contributed by atoms with E-state index in [-0.39, 0.29) is 18.4 Å². The van der Waals surface area contributed by atoms with E-state index in [4.69, 9.17) is 0 Å². The van der Waals surface area contributed by atoms with Crippen LogP contribution >= 0.6 is 12.4 Å². The normalized spacial score (nSPS) is 25.7. The first kappa shape index (κ1) is 17.8. The van der Waals surface area contributed by atoms with E-state index < -0.39 is 0 Å². The monoisotopic (exact) mass is 348 g/mol. The lowest BCUT2D eigenvalue weighted by atomic mass is 9.68. The van der Waals surface area contributed by atoms with Crippen molar-refractivity contribution in [3.63, 3.8) is 0 Å². The average Bonchev–Trinajstić information content (AvgIpc) is 2.62. The number of rotatable bonds is 1. The van der Waals surface area contributed by atoms with Crippen LogP contribution in [0.5, 0.6) is 0 Å². The number of fused-ring (bicyclic) bond motifs is 1. The van der Waals surface area contributed by atoms with Gasteiger partial charge in [-0.05, 0) is 48.6 Å². The quantitative estimate of drug-likeness (QED) is 0.839. The van der Waals surface area contributed by atoms with Crippen molar-refractivity contribution in [1.29, 1.82) is 0 Å². The molecular weight excluding hydrogens is 320 g/mol. The van der Waals surface area contributed by atoms with Crippen molar-refractivity contribution in [1.82, 2.24) is 10.2 Å². The summed E-state index contributed by atoms with van der Waals surface area (Å²) in [6.07, 6.45) is 10.3. The van der Waals surface area contributed by atoms with Crippen molar-refractivity contribution in [2.24, 2.45) is 5.41 Å². The summed E-state index contributed by atoms with van der Waals surface area (Å²) in [5, 5.41) is 3.45. The van der Waals surface area contributed by atoms with Crippen molar-refractivity contribution < 1.29 is 4.79 Å². The summed E-state index contributed by atoms with van der Waals surface area (Å²) < 4.78 is 0. The van der Waals surface area contributed by atoms with Crippen LogP contribution in [-0.2, 0) is 17.8 Å². The van der Waals surface area contributed by atoms with Gasteiger partial charge >= 0.3 is 0 Å². The van der Waals surface area contributed by atoms with Crippen molar-refractivity contribution >= 4 is 18.3 Å². The fraction of sp³-hybridized carbons (Fsp3) is 0.650. The van der Waals surface area contributed by atoms with Crippen LogP contribution in [0.3, 0.4) is 0 Å². The minimum atomic E-state index is -0.0229. The van der Waals surface area contributed by atoms with Crippen molar-refractivity contribution in [2.75, 3.05) is 13.1 Å². The second kappa shape index (κ2) is 7.45. The van der Waals surface area contributed by atoms with Crippen LogP contribution in [0, 0.1) is 5.41 Å². The second-order valence-electron chi connectivity index (χ2n) is 7.79. The molecule has 3 nitrogen and oxygen atoms in total. The molecule has 24 heavy (non-hydrogen) atoms. The minimum Gasteiger partial charge on any atom is -0.341 e. The lowest BCUT2D eigenvalue weighted by Gasteiger charge is -2.45. The van der Waals surface area contributed by atoms with Gasteiger partial charge in [-0.2, -0.15) is 0 Å². The molecule has 1 N–H and O–H groups in total. The molecule has 1 aromatic rings. The summed E-state index contributed by atoms with van der Waals surface area (Å²) in [5.41, 5.74) is 3.25. The maximum atomic E-state index is 12.9. The SMILES string of the molecule is Cl.O=C(C1Cc2ccccc2CN1)N1CCC2(CCCCC2)CC1. The molecule has 2 fully saturated rings. The number of halogens is 1. The van der Waals surface area contributed by atoms with Gasteiger partial charge in [0.2, 0.25) is 5.91 Å². The van der Waals surface area contributed by atoms with Gasteiger partial charge < -0.3 is 10.2 Å². The molecule has 1 aromatic carbocycles. The van der Waals surface area contributed by atoms with E-state index in [9.17, 15) is 4.79 Å². The van der Waals surface area contributed by atoms with Gasteiger partial charge in [0, 0.05) is 19.6 Å². The highest BCUT2D eigenvalue weighted by atomic mass is 35.5. The molecule has 1 amide bonds. The number of amides is 1. The number of hydrogen-bond acceptors (Lipinski definition) is 2. The Hall–Kier alpha value is -1.06. The second-order valence-corrected chi connectivity index (χ2v) is 7.79. The van der Waals surface area contributed by atoms with Crippen LogP contribution in [0.15, 0.2) is 24.3 Å². The summed E-state index contributed by atoms with van der Waals surface area (Å²) >= 11 is 0. The molecule has 0 bridgehead atoms. The Morgan fingerprint density at radius 1 is 1.00 bits per heavy atom. The molecule has 0 radical (unpaired) electrons. The minimum absolute atomic E-state index is 0. The molecule has 1 saturated carbocycles. The van der Waals surface area contributed by atoms with Gasteiger partial charge in [-0.15, -0.1) is 12.4 Å². The summed E-state index contributed by atoms with van der Waals surface area (Å²) in [5.74, 6) is 0.324. The first-order chi connectivity index (χ1) is 11.3. The van der Waals surface area contributed by atoms with E-state index in [2.05, 4.69) is 34.5 Å². The third-order valence-corrected chi connectivity index (χ3v) is 6.43. The lowest BCUT2D eigenvalue weighted by Crippen LogP contribution is -2.53. The van der Waals surface area contributed by atoms with Gasteiger partial charge in [-0.3, -0.25) is 4.79 Å². The highest BCUT2D eigenvalue weighted by Crippen LogP contribution is 2.44. The predicted octanol–water partition coefficient (Wildman–Crippen LogP) is 3.70. The Morgan fingerprint density at radius 3 is 2.38 bits per heavy atom. The van der Waals surface area contributed by atoms with E-state index in [1.165, 1.54) is 56.1 Å². The standard InChI is InChI=1S/C20H28N2O.ClH/c23-19(18-14-16-6-2-3-7-17(16)15-21-18)22-12-10-20(11-13-22)8-4-1-5-9-20;/h2-3,6-7,18,21H,1,4-5,8-15H2;1H. The zero-order valence-corrected chi connectivity index (χ0v) is 15.2. The number of carbonyl (C=O) groups is 1. The van der Waals surface area contributed by atoms with Crippen LogP contribution in [0.1, 0.15) is 56.1 Å². The van der Waals surface area contributed by atoms with Gasteiger partial charge in [0.15, 0.2) is 0 Å². The summed E-state index contributed by atoms with van der Waals surface area (Å²) in [7, 11) is 0. The molecule has 3 aliphatic rings. The molecule has 4 heteroatoms. The highest BCUT2D eigenvalue weighted by molar-refractivity contribution is 5.85. The number of hydrogen-bond donors (Lipinski definition) is 1. The molecule has 2 aliphatic heterocycles. The highest BCUT2D eigenvalue weighted by Gasteiger charge is 2.38. The van der Waals surface area contributed by atoms with E-state index >= 15 is 0 Å². The maximum absolute atomic E-state index is 12.9. The Morgan fingerprint density at radius 2 is 1.67 bits per heavy atom. The first-order valence-corrected chi connectivity index (χ1v) is 9.35. The fourth-order valence-electron chi connectivity index (χ4n) is 4.85. The predicted molar refractivity (Wildman–Crippen MR) is 99.4 cm³/mol. The largest absolute Gasteiger partial charge is 0.341 e. The van der Waals surface area contributed by atoms with Gasteiger partial charge in [0.05, 0.1) is 6.04 Å². The van der Waals surface area contributed by atoms with E-state index in [1.807, 2.05) is 0 Å². The molecule has 1 saturated heterocycles. The van der Waals surface area contributed by atoms with Crippen molar-refractivity contribution in [2.45, 2.75) is 64.0 Å². The van der Waals surface area contributed by atoms with Crippen LogP contribution < -0.4 is 5.32 Å². The zero-order valence-electron chi connectivity index (χ0n) is 14.4. The average molecular weight is 349 g/mol. The number of nitrogens with zero attached hydrogens (tertiary/aromatic N) is 1. The van der Waals surface area contributed by atoms with Gasteiger partial charge in [-0.25, -0.2) is 0 Å². The Balaban J connectivity index is 0.00000169. The third-order valence-electron chi connectivity index (χ3n) is 6.43. The molecule has 132 valence electrons. The van der Waals surface area contributed by atoms with Gasteiger partial charge in [0.1, 0.15) is 0 Å². The number of benzene rings is 1. The summed E-state index contributed by atoms with van der Waals surface area (Å²) in [6, 6.07) is 8.47. The third kappa shape index (κ3) is 3.48. The topological polar surface area (TPSA) is 32.3 Å². The molecule has 1 atom stereocenters. The molecule has 0 aromatic heterocycles. The van der Waals surface area contributed by atoms with Crippen LogP contribution in [-0.4, -0.2) is 29.9 Å². The van der Waals surface area contributed by atoms with E-state index in [0.717, 1.165) is 26.1 Å². The Labute approximate surface area is 151 Å². The number of likely N-dealkylation sites (tertiary alicyclic amines) is 1. The summed E-state index contributed by atoms with van der Waals surface area (Å²) in [4.78, 5) is 15.0. The molecule has 2 heterocycles. The van der Waals surface area contributed by atoms with Crippen LogP contribution in [0.2, 0.25) is 0 Å². The fourth-order valence-corrected chi connectivity index (χ4v) is 4.85.